The molecule has 166 valence electrons. The first-order chi connectivity index (χ1) is 14.3. The Kier molecular flexibility index (Phi) is 5.89. The summed E-state index contributed by atoms with van der Waals surface area (Å²) >= 11 is 0. The largest absolute Gasteiger partial charge is 0.480 e. The van der Waals surface area contributed by atoms with Gasteiger partial charge >= 0.3 is 18.2 Å². The third-order valence-corrected chi connectivity index (χ3v) is 4.62. The standard InChI is InChI=1S/C22H22F3NO5/c1-21(2,3)31-20(29)26-12-13-7-8-17(9-14(13)10-18(26)19(27)28)30-16-6-4-5-15(11-16)22(23,24)25/h4-9,11,18H,10,12H2,1-3H3,(H,27,28). The number of rotatable bonds is 3. The molecule has 1 unspecified atom stereocenters. The van der Waals surface area contributed by atoms with Crippen LogP contribution in [0.5, 0.6) is 11.5 Å². The Morgan fingerprint density at radius 1 is 1.03 bits per heavy atom. The van der Waals surface area contributed by atoms with Crippen LogP contribution in [0.25, 0.3) is 0 Å². The van der Waals surface area contributed by atoms with E-state index in [0.717, 1.165) is 17.0 Å². The smallest absolute Gasteiger partial charge is 0.416 e. The molecule has 0 fully saturated rings. The van der Waals surface area contributed by atoms with Gasteiger partial charge in [-0.3, -0.25) is 4.90 Å². The van der Waals surface area contributed by atoms with Crippen molar-refractivity contribution >= 4 is 12.1 Å². The maximum atomic E-state index is 12.9. The van der Waals surface area contributed by atoms with Crippen molar-refractivity contribution in [1.82, 2.24) is 4.90 Å². The number of hydrogen-bond acceptors (Lipinski definition) is 4. The number of amides is 1. The van der Waals surface area contributed by atoms with Crippen LogP contribution in [0.4, 0.5) is 18.0 Å². The van der Waals surface area contributed by atoms with Crippen molar-refractivity contribution in [3.63, 3.8) is 0 Å². The molecule has 0 aliphatic carbocycles. The van der Waals surface area contributed by atoms with Crippen LogP contribution in [-0.2, 0) is 28.7 Å². The first kappa shape index (κ1) is 22.5. The van der Waals surface area contributed by atoms with Gasteiger partial charge in [0.05, 0.1) is 12.1 Å². The Balaban J connectivity index is 1.84. The number of fused-ring (bicyclic) bond motifs is 1. The number of aliphatic carboxylic acids is 1. The van der Waals surface area contributed by atoms with Crippen molar-refractivity contribution < 1.29 is 37.3 Å². The van der Waals surface area contributed by atoms with E-state index < -0.39 is 35.4 Å². The van der Waals surface area contributed by atoms with Gasteiger partial charge < -0.3 is 14.6 Å². The summed E-state index contributed by atoms with van der Waals surface area (Å²) in [5, 5.41) is 9.61. The number of carbonyl (C=O) groups is 2. The van der Waals surface area contributed by atoms with Gasteiger partial charge in [-0.25, -0.2) is 9.59 Å². The zero-order valence-corrected chi connectivity index (χ0v) is 17.2. The highest BCUT2D eigenvalue weighted by atomic mass is 19.4. The summed E-state index contributed by atoms with van der Waals surface area (Å²) in [6.45, 7) is 5.10. The molecule has 1 heterocycles. The molecule has 1 aliphatic heterocycles. The van der Waals surface area contributed by atoms with E-state index >= 15 is 0 Å². The lowest BCUT2D eigenvalue weighted by molar-refractivity contribution is -0.143. The third-order valence-electron chi connectivity index (χ3n) is 4.62. The van der Waals surface area contributed by atoms with E-state index in [0.29, 0.717) is 11.1 Å². The van der Waals surface area contributed by atoms with Crippen molar-refractivity contribution in [3.05, 3.63) is 59.2 Å². The predicted octanol–water partition coefficient (Wildman–Crippen LogP) is 5.24. The van der Waals surface area contributed by atoms with Crippen molar-refractivity contribution in [2.75, 3.05) is 0 Å². The van der Waals surface area contributed by atoms with Crippen LogP contribution in [0.2, 0.25) is 0 Å². The normalized spacial score (nSPS) is 16.5. The van der Waals surface area contributed by atoms with Gasteiger partial charge in [0.1, 0.15) is 23.1 Å². The van der Waals surface area contributed by atoms with Gasteiger partial charge in [-0.05, 0) is 62.2 Å². The number of nitrogens with zero attached hydrogens (tertiary/aromatic N) is 1. The fourth-order valence-corrected chi connectivity index (χ4v) is 3.23. The highest BCUT2D eigenvalue weighted by Gasteiger charge is 2.37. The summed E-state index contributed by atoms with van der Waals surface area (Å²) in [4.78, 5) is 25.4. The van der Waals surface area contributed by atoms with Crippen LogP contribution < -0.4 is 4.74 Å². The number of hydrogen-bond donors (Lipinski definition) is 1. The topological polar surface area (TPSA) is 76.1 Å². The van der Waals surface area contributed by atoms with Crippen molar-refractivity contribution in [2.45, 2.75) is 51.6 Å². The Bertz CT molecular complexity index is 997. The number of benzene rings is 2. The molecule has 2 aromatic rings. The minimum Gasteiger partial charge on any atom is -0.480 e. The molecule has 0 spiro atoms. The molecule has 31 heavy (non-hydrogen) atoms. The summed E-state index contributed by atoms with van der Waals surface area (Å²) in [7, 11) is 0. The van der Waals surface area contributed by atoms with Gasteiger partial charge in [-0.1, -0.05) is 12.1 Å². The number of ether oxygens (including phenoxy) is 2. The lowest BCUT2D eigenvalue weighted by Crippen LogP contribution is -2.50. The van der Waals surface area contributed by atoms with Crippen LogP contribution in [-0.4, -0.2) is 33.7 Å². The molecular formula is C22H22F3NO5. The van der Waals surface area contributed by atoms with Gasteiger partial charge in [0.15, 0.2) is 0 Å². The van der Waals surface area contributed by atoms with E-state index in [9.17, 15) is 27.9 Å². The zero-order chi connectivity index (χ0) is 23.0. The third kappa shape index (κ3) is 5.48. The van der Waals surface area contributed by atoms with E-state index in [1.54, 1.807) is 39.0 Å². The van der Waals surface area contributed by atoms with Gasteiger partial charge in [-0.2, -0.15) is 13.2 Å². The molecule has 0 aromatic heterocycles. The second kappa shape index (κ2) is 8.13. The van der Waals surface area contributed by atoms with E-state index in [-0.39, 0.29) is 24.5 Å². The molecule has 6 nitrogen and oxygen atoms in total. The summed E-state index contributed by atoms with van der Waals surface area (Å²) in [5.41, 5.74) is -0.262. The Morgan fingerprint density at radius 2 is 1.71 bits per heavy atom. The van der Waals surface area contributed by atoms with Crippen LogP contribution in [0.15, 0.2) is 42.5 Å². The lowest BCUT2D eigenvalue weighted by Gasteiger charge is -2.35. The number of carboxylic acids is 1. The summed E-state index contributed by atoms with van der Waals surface area (Å²) < 4.78 is 49.6. The fraction of sp³-hybridized carbons (Fsp3) is 0.364. The summed E-state index contributed by atoms with van der Waals surface area (Å²) in [6.07, 6.45) is -5.20. The molecule has 0 bridgehead atoms. The number of carboxylic acid groups (broad SMARTS) is 1. The van der Waals surface area contributed by atoms with Gasteiger partial charge in [-0.15, -0.1) is 0 Å². The number of halogens is 3. The first-order valence-corrected chi connectivity index (χ1v) is 9.53. The molecule has 0 radical (unpaired) electrons. The van der Waals surface area contributed by atoms with E-state index in [4.69, 9.17) is 9.47 Å². The lowest BCUT2D eigenvalue weighted by atomic mass is 9.94. The fourth-order valence-electron chi connectivity index (χ4n) is 3.23. The first-order valence-electron chi connectivity index (χ1n) is 9.53. The average molecular weight is 437 g/mol. The van der Waals surface area contributed by atoms with Crippen LogP contribution in [0.1, 0.15) is 37.5 Å². The Labute approximate surface area is 177 Å². The minimum atomic E-state index is -4.49. The molecular weight excluding hydrogens is 415 g/mol. The van der Waals surface area contributed by atoms with Crippen LogP contribution >= 0.6 is 0 Å². The average Bonchev–Trinajstić information content (AvgIpc) is 2.65. The molecule has 9 heteroatoms. The molecule has 0 saturated carbocycles. The highest BCUT2D eigenvalue weighted by molar-refractivity contribution is 5.81. The van der Waals surface area contributed by atoms with E-state index in [1.807, 2.05) is 0 Å². The zero-order valence-electron chi connectivity index (χ0n) is 17.2. The van der Waals surface area contributed by atoms with Gasteiger partial charge in [0.25, 0.3) is 0 Å². The second-order valence-electron chi connectivity index (χ2n) is 8.22. The van der Waals surface area contributed by atoms with Gasteiger partial charge in [0.2, 0.25) is 0 Å². The molecule has 1 N–H and O–H groups in total. The molecule has 0 saturated heterocycles. The Hall–Kier alpha value is -3.23. The SMILES string of the molecule is CC(C)(C)OC(=O)N1Cc2ccc(Oc3cccc(C(F)(F)F)c3)cc2CC1C(=O)O. The molecule has 1 aliphatic rings. The van der Waals surface area contributed by atoms with Gasteiger partial charge in [0, 0.05) is 6.42 Å². The quantitative estimate of drug-likeness (QED) is 0.710. The minimum absolute atomic E-state index is 0.00995. The summed E-state index contributed by atoms with van der Waals surface area (Å²) in [6, 6.07) is 8.16. The predicted molar refractivity (Wildman–Crippen MR) is 105 cm³/mol. The van der Waals surface area contributed by atoms with Crippen LogP contribution in [0.3, 0.4) is 0 Å². The Morgan fingerprint density at radius 3 is 2.32 bits per heavy atom. The number of alkyl halides is 3. The maximum Gasteiger partial charge on any atom is 0.416 e. The number of carbonyl (C=O) groups excluding carboxylic acids is 1. The van der Waals surface area contributed by atoms with Crippen LogP contribution in [0, 0.1) is 0 Å². The molecule has 1 atom stereocenters. The monoisotopic (exact) mass is 437 g/mol. The highest BCUT2D eigenvalue weighted by Crippen LogP contribution is 2.34. The summed E-state index contributed by atoms with van der Waals surface area (Å²) in [5.74, 6) is -0.899. The van der Waals surface area contributed by atoms with Crippen molar-refractivity contribution in [1.29, 1.82) is 0 Å². The second-order valence-corrected chi connectivity index (χ2v) is 8.22. The van der Waals surface area contributed by atoms with E-state index in [2.05, 4.69) is 0 Å². The maximum absolute atomic E-state index is 12.9. The molecule has 1 amide bonds. The van der Waals surface area contributed by atoms with E-state index in [1.165, 1.54) is 12.1 Å². The molecule has 3 rings (SSSR count). The van der Waals surface area contributed by atoms with Crippen molar-refractivity contribution in [2.24, 2.45) is 0 Å². The van der Waals surface area contributed by atoms with Crippen molar-refractivity contribution in [3.8, 4) is 11.5 Å². The molecule has 2 aromatic carbocycles.